The summed E-state index contributed by atoms with van der Waals surface area (Å²) in [5, 5.41) is 5.57. The van der Waals surface area contributed by atoms with Gasteiger partial charge in [0.05, 0.1) is 22.7 Å². The van der Waals surface area contributed by atoms with E-state index in [9.17, 15) is 0 Å². The Bertz CT molecular complexity index is 4370. The van der Waals surface area contributed by atoms with Gasteiger partial charge in [0.25, 0.3) is 0 Å². The first kappa shape index (κ1) is 60.5. The second-order valence-electron chi connectivity index (χ2n) is 31.9. The van der Waals surface area contributed by atoms with E-state index in [-0.39, 0.29) is 32.5 Å². The summed E-state index contributed by atoms with van der Waals surface area (Å²) in [7, 11) is -3.02. The molecular weight excluding hydrogens is 1110 g/mol. The van der Waals surface area contributed by atoms with E-state index in [0.29, 0.717) is 6.67 Å². The van der Waals surface area contributed by atoms with Crippen LogP contribution in [0.5, 0.6) is 11.5 Å². The molecule has 0 fully saturated rings. The van der Waals surface area contributed by atoms with Crippen LogP contribution in [0.1, 0.15) is 158 Å². The van der Waals surface area contributed by atoms with Crippen LogP contribution < -0.4 is 40.2 Å². The van der Waals surface area contributed by atoms with Crippen LogP contribution in [0.2, 0.25) is 0 Å². The lowest BCUT2D eigenvalue weighted by Gasteiger charge is -2.43. The number of benzene rings is 9. The van der Waals surface area contributed by atoms with Crippen molar-refractivity contribution in [2.24, 2.45) is 0 Å². The second-order valence-corrected chi connectivity index (χ2v) is 35.5. The Morgan fingerprint density at radius 1 is 0.333 bits per heavy atom. The average molecular weight is 1200 g/mol. The summed E-state index contributed by atoms with van der Waals surface area (Å²) in [6.45, 7) is 42.4. The second kappa shape index (κ2) is 21.3. The van der Waals surface area contributed by atoms with Crippen LogP contribution in [0, 0.1) is 0 Å². The van der Waals surface area contributed by atoms with Crippen molar-refractivity contribution in [1.82, 2.24) is 4.98 Å². The van der Waals surface area contributed by atoms with Gasteiger partial charge in [-0.1, -0.05) is 264 Å². The molecule has 90 heavy (non-hydrogen) atoms. The average Bonchev–Trinajstić information content (AvgIpc) is 1.40. The first-order chi connectivity index (χ1) is 42.4. The summed E-state index contributed by atoms with van der Waals surface area (Å²) < 4.78 is 7.29. The minimum atomic E-state index is -3.02. The van der Waals surface area contributed by atoms with Crippen molar-refractivity contribution in [1.29, 1.82) is 0 Å². The summed E-state index contributed by atoms with van der Waals surface area (Å²) >= 11 is 0. The highest BCUT2D eigenvalue weighted by molar-refractivity contribution is 7.23. The Labute approximate surface area is 538 Å². The largest absolute Gasteiger partial charge is 0.457 e. The Kier molecular flexibility index (Phi) is 14.3. The molecule has 456 valence electrons. The van der Waals surface area contributed by atoms with Gasteiger partial charge in [0.15, 0.2) is 8.07 Å². The van der Waals surface area contributed by atoms with Gasteiger partial charge >= 0.3 is 0 Å². The lowest BCUT2D eigenvalue weighted by molar-refractivity contribution is 0.483. The van der Waals surface area contributed by atoms with Crippen LogP contribution in [0.25, 0.3) is 33.4 Å². The van der Waals surface area contributed by atoms with Crippen LogP contribution in [-0.2, 0) is 32.5 Å². The van der Waals surface area contributed by atoms with Crippen molar-refractivity contribution in [2.75, 3.05) is 21.4 Å². The van der Waals surface area contributed by atoms with Gasteiger partial charge in [0.1, 0.15) is 24.0 Å². The number of fused-ring (bicyclic) bond motifs is 10. The molecule has 4 heterocycles. The molecule has 0 atom stereocenters. The third kappa shape index (κ3) is 10.5. The molecular formula is C84H90N4OSi. The van der Waals surface area contributed by atoms with Crippen molar-refractivity contribution in [3.8, 4) is 44.9 Å². The Hall–Kier alpha value is -8.45. The number of rotatable bonds is 7. The van der Waals surface area contributed by atoms with Gasteiger partial charge in [0.2, 0.25) is 0 Å². The van der Waals surface area contributed by atoms with Crippen molar-refractivity contribution in [3.63, 3.8) is 0 Å². The summed E-state index contributed by atoms with van der Waals surface area (Å²) in [5.41, 5.74) is 22.0. The summed E-state index contributed by atoms with van der Waals surface area (Å²) in [5.74, 6) is 2.42. The molecule has 0 unspecified atom stereocenters. The Balaban J connectivity index is 0.955. The van der Waals surface area contributed by atoms with Gasteiger partial charge in [0, 0.05) is 40.8 Å². The van der Waals surface area contributed by atoms with E-state index in [4.69, 9.17) is 9.72 Å². The highest BCUT2D eigenvalue weighted by atomic mass is 28.3. The molecule has 0 saturated carbocycles. The third-order valence-electron chi connectivity index (χ3n) is 19.3. The molecule has 9 aromatic carbocycles. The van der Waals surface area contributed by atoms with E-state index < -0.39 is 8.07 Å². The molecule has 3 aliphatic rings. The van der Waals surface area contributed by atoms with Gasteiger partial charge in [-0.25, -0.2) is 4.98 Å². The van der Waals surface area contributed by atoms with Crippen molar-refractivity contribution < 1.29 is 4.74 Å². The number of hydrogen-bond donors (Lipinski definition) is 0. The standard InChI is InChI=1S/C84H90N4OSi/c1-79(2,3)56-27-23-26-54(44-56)65-30-25-31-66(55-45-60(83(13,14)15)47-61(46-55)84(16,17)18)78(65)87-53-86(69-32-19-20-33-70(69)87)62-28-24-29-63(51-62)89-64-38-41-76-72(52-64)88(77-50-59(42-43-85-77)82(10,11)12)71-34-21-22-35-75(71)90(76)73-39-36-57(80(4,5)6)48-67(73)68-49-58(81(7,8)9)37-40-74(68)90/h19-52H,53H2,1-18H3. The van der Waals surface area contributed by atoms with Crippen molar-refractivity contribution in [3.05, 3.63) is 240 Å². The predicted octanol–water partition coefficient (Wildman–Crippen LogP) is 20.4. The smallest absolute Gasteiger partial charge is 0.185 e. The van der Waals surface area contributed by atoms with Crippen LogP contribution >= 0.6 is 0 Å². The molecule has 0 aliphatic carbocycles. The molecule has 0 bridgehead atoms. The van der Waals surface area contributed by atoms with E-state index in [0.717, 1.165) is 45.8 Å². The third-order valence-corrected chi connectivity index (χ3v) is 24.3. The van der Waals surface area contributed by atoms with Crippen LogP contribution in [-0.4, -0.2) is 19.7 Å². The van der Waals surface area contributed by atoms with Crippen molar-refractivity contribution >= 4 is 68.8 Å². The monoisotopic (exact) mass is 1200 g/mol. The lowest BCUT2D eigenvalue weighted by atomic mass is 9.78. The highest BCUT2D eigenvalue weighted by Gasteiger charge is 2.55. The zero-order chi connectivity index (χ0) is 63.8. The van der Waals surface area contributed by atoms with E-state index in [1.165, 1.54) is 93.2 Å². The number of nitrogens with zero attached hydrogens (tertiary/aromatic N) is 4. The van der Waals surface area contributed by atoms with Crippen molar-refractivity contribution in [2.45, 2.75) is 157 Å². The quantitative estimate of drug-likeness (QED) is 0.149. The van der Waals surface area contributed by atoms with E-state index in [1.807, 2.05) is 6.20 Å². The van der Waals surface area contributed by atoms with Gasteiger partial charge in [-0.2, -0.15) is 0 Å². The molecule has 1 spiro atoms. The Morgan fingerprint density at radius 2 is 0.811 bits per heavy atom. The summed E-state index contributed by atoms with van der Waals surface area (Å²) in [6.07, 6.45) is 1.99. The maximum absolute atomic E-state index is 7.29. The normalized spacial score (nSPS) is 14.5. The number of aromatic nitrogens is 1. The fraction of sp³-hybridized carbons (Fsp3) is 0.298. The number of para-hydroxylation sites is 4. The van der Waals surface area contributed by atoms with E-state index in [2.05, 4.69) is 340 Å². The van der Waals surface area contributed by atoms with E-state index in [1.54, 1.807) is 0 Å². The number of anilines is 7. The zero-order valence-electron chi connectivity index (χ0n) is 56.5. The van der Waals surface area contributed by atoms with Crippen LogP contribution in [0.4, 0.5) is 39.9 Å². The first-order valence-corrected chi connectivity index (χ1v) is 34.5. The SMILES string of the molecule is CC(C)(C)c1cccc(-c2cccc(-c3cc(C(C)(C)C)cc(C(C)(C)C)c3)c2N2CN(c3cccc(Oc4ccc5c(c4)N(c4cc(C(C)(C)C)ccn4)c4ccccc4[Si]54c5ccc(C(C)(C)C)cc5-c5cc(C(C)(C)C)ccc54)c3)c3ccccc32)c1. The number of ether oxygens (including phenoxy) is 1. The molecule has 0 radical (unpaired) electrons. The van der Waals surface area contributed by atoms with Crippen LogP contribution in [0.15, 0.2) is 206 Å². The number of hydrogen-bond acceptors (Lipinski definition) is 5. The molecule has 0 saturated heterocycles. The summed E-state index contributed by atoms with van der Waals surface area (Å²) in [6, 6.07) is 76.6. The molecule has 0 amide bonds. The number of pyridine rings is 1. The molecule has 3 aliphatic heterocycles. The molecule has 6 heteroatoms. The van der Waals surface area contributed by atoms with Crippen LogP contribution in [0.3, 0.4) is 0 Å². The first-order valence-electron chi connectivity index (χ1n) is 32.5. The molecule has 1 aromatic heterocycles. The highest BCUT2D eigenvalue weighted by Crippen LogP contribution is 2.52. The fourth-order valence-electron chi connectivity index (χ4n) is 14.0. The maximum Gasteiger partial charge on any atom is 0.185 e. The topological polar surface area (TPSA) is 31.8 Å². The fourth-order valence-corrected chi connectivity index (χ4v) is 19.5. The van der Waals surface area contributed by atoms with Gasteiger partial charge in [-0.3, -0.25) is 4.90 Å². The lowest BCUT2D eigenvalue weighted by Crippen LogP contribution is -2.75. The van der Waals surface area contributed by atoms with Gasteiger partial charge in [-0.15, -0.1) is 0 Å². The molecule has 5 nitrogen and oxygen atoms in total. The summed E-state index contributed by atoms with van der Waals surface area (Å²) in [4.78, 5) is 12.7. The van der Waals surface area contributed by atoms with Gasteiger partial charge in [-0.05, 0) is 157 Å². The van der Waals surface area contributed by atoms with Gasteiger partial charge < -0.3 is 14.5 Å². The predicted molar refractivity (Wildman–Crippen MR) is 387 cm³/mol. The Morgan fingerprint density at radius 3 is 1.41 bits per heavy atom. The molecule has 10 aromatic rings. The minimum Gasteiger partial charge on any atom is -0.457 e. The molecule has 13 rings (SSSR count). The molecule has 0 N–H and O–H groups in total. The maximum atomic E-state index is 7.29. The minimum absolute atomic E-state index is 0.0223. The zero-order valence-corrected chi connectivity index (χ0v) is 57.5. The van der Waals surface area contributed by atoms with E-state index >= 15 is 0 Å².